The summed E-state index contributed by atoms with van der Waals surface area (Å²) in [5, 5.41) is 2.01. The Morgan fingerprint density at radius 2 is 2.10 bits per heavy atom. The van der Waals surface area contributed by atoms with E-state index >= 15 is 0 Å². The Balaban J connectivity index is 1.76. The number of carbonyl (C=O) groups excluding carboxylic acids is 1. The Morgan fingerprint density at radius 3 is 2.80 bits per heavy atom. The fourth-order valence-corrected chi connectivity index (χ4v) is 2.53. The maximum absolute atomic E-state index is 12.0. The maximum atomic E-state index is 12.0. The van der Waals surface area contributed by atoms with Crippen LogP contribution in [-0.2, 0) is 11.3 Å². The first-order valence-electron chi connectivity index (χ1n) is 6.40. The van der Waals surface area contributed by atoms with E-state index in [0.717, 1.165) is 0 Å². The molecule has 4 nitrogen and oxygen atoms in total. The van der Waals surface area contributed by atoms with Crippen molar-refractivity contribution in [3.63, 3.8) is 0 Å². The van der Waals surface area contributed by atoms with Crippen LogP contribution in [0, 0.1) is 0 Å². The zero-order valence-corrected chi connectivity index (χ0v) is 12.2. The number of nitrogens with zero attached hydrogens (tertiary/aromatic N) is 1. The number of benzene rings is 1. The number of ether oxygens (including phenoxy) is 1. The van der Waals surface area contributed by atoms with Gasteiger partial charge < -0.3 is 15.4 Å². The largest absolute Gasteiger partial charge is 0.491 e. The van der Waals surface area contributed by atoms with Crippen LogP contribution in [0.2, 0.25) is 0 Å². The molecule has 0 spiro atoms. The first kappa shape index (κ1) is 14.4. The van der Waals surface area contributed by atoms with E-state index < -0.39 is 0 Å². The van der Waals surface area contributed by atoms with Gasteiger partial charge in [-0.05, 0) is 23.6 Å². The summed E-state index contributed by atoms with van der Waals surface area (Å²) in [6.45, 7) is 0.978. The van der Waals surface area contributed by atoms with Gasteiger partial charge in [0.1, 0.15) is 5.75 Å². The minimum atomic E-state index is 0.0629. The zero-order chi connectivity index (χ0) is 14.4. The number of para-hydroxylation sites is 2. The van der Waals surface area contributed by atoms with Gasteiger partial charge in [0, 0.05) is 11.9 Å². The first-order valence-corrected chi connectivity index (χ1v) is 7.28. The summed E-state index contributed by atoms with van der Waals surface area (Å²) in [5.74, 6) is 0.689. The van der Waals surface area contributed by atoms with Crippen molar-refractivity contribution in [3.05, 3.63) is 46.7 Å². The third kappa shape index (κ3) is 3.99. The molecule has 0 atom stereocenters. The van der Waals surface area contributed by atoms with Crippen molar-refractivity contribution in [1.82, 2.24) is 4.90 Å². The molecule has 1 aromatic carbocycles. The van der Waals surface area contributed by atoms with Crippen LogP contribution in [0.3, 0.4) is 0 Å². The molecule has 2 aromatic rings. The number of nitrogen functional groups attached to an aromatic ring is 1. The van der Waals surface area contributed by atoms with Crippen molar-refractivity contribution in [2.24, 2.45) is 0 Å². The number of anilines is 1. The summed E-state index contributed by atoms with van der Waals surface area (Å²) in [5.41, 5.74) is 6.36. The Kier molecular flexibility index (Phi) is 5.01. The van der Waals surface area contributed by atoms with Gasteiger partial charge in [0.25, 0.3) is 0 Å². The second kappa shape index (κ2) is 6.96. The van der Waals surface area contributed by atoms with E-state index in [1.807, 2.05) is 29.6 Å². The van der Waals surface area contributed by atoms with Crippen molar-refractivity contribution in [3.8, 4) is 5.75 Å². The second-order valence-electron chi connectivity index (χ2n) is 4.47. The molecule has 0 saturated heterocycles. The molecule has 0 unspecified atom stereocenters. The zero-order valence-electron chi connectivity index (χ0n) is 11.4. The predicted octanol–water partition coefficient (Wildman–Crippen LogP) is 2.76. The number of carbonyl (C=O) groups is 1. The third-order valence-corrected chi connectivity index (χ3v) is 3.75. The summed E-state index contributed by atoms with van der Waals surface area (Å²) in [4.78, 5) is 14.9. The van der Waals surface area contributed by atoms with E-state index in [9.17, 15) is 4.79 Å². The highest BCUT2D eigenvalue weighted by atomic mass is 32.1. The summed E-state index contributed by atoms with van der Waals surface area (Å²) in [6.07, 6.45) is 0.343. The van der Waals surface area contributed by atoms with Gasteiger partial charge in [0.15, 0.2) is 0 Å². The lowest BCUT2D eigenvalue weighted by atomic mass is 10.3. The van der Waals surface area contributed by atoms with E-state index in [2.05, 4.69) is 0 Å². The average molecular weight is 290 g/mol. The van der Waals surface area contributed by atoms with Crippen molar-refractivity contribution in [2.45, 2.75) is 13.0 Å². The quantitative estimate of drug-likeness (QED) is 0.832. The van der Waals surface area contributed by atoms with E-state index in [1.165, 1.54) is 4.88 Å². The summed E-state index contributed by atoms with van der Waals surface area (Å²) in [6, 6.07) is 11.3. The number of amides is 1. The molecule has 1 amide bonds. The summed E-state index contributed by atoms with van der Waals surface area (Å²) in [7, 11) is 1.80. The van der Waals surface area contributed by atoms with E-state index in [1.54, 1.807) is 35.4 Å². The monoisotopic (exact) mass is 290 g/mol. The number of hydrogen-bond acceptors (Lipinski definition) is 4. The maximum Gasteiger partial charge on any atom is 0.226 e. The fourth-order valence-electron chi connectivity index (χ4n) is 1.78. The molecule has 0 aliphatic rings. The van der Waals surface area contributed by atoms with Gasteiger partial charge in [-0.15, -0.1) is 11.3 Å². The van der Waals surface area contributed by atoms with Gasteiger partial charge in [0.05, 0.1) is 25.3 Å². The lowest BCUT2D eigenvalue weighted by molar-refractivity contribution is -0.130. The molecule has 0 aliphatic heterocycles. The molecular formula is C15H18N2O2S. The Hall–Kier alpha value is -2.01. The van der Waals surface area contributed by atoms with Gasteiger partial charge in [-0.1, -0.05) is 18.2 Å². The van der Waals surface area contributed by atoms with E-state index in [-0.39, 0.29) is 5.91 Å². The molecule has 2 rings (SSSR count). The van der Waals surface area contributed by atoms with Crippen LogP contribution in [0.25, 0.3) is 0 Å². The number of hydrogen-bond donors (Lipinski definition) is 1. The van der Waals surface area contributed by atoms with Crippen LogP contribution in [0.1, 0.15) is 11.3 Å². The number of rotatable bonds is 6. The number of thiophene rings is 1. The number of nitrogens with two attached hydrogens (primary N) is 1. The van der Waals surface area contributed by atoms with Crippen LogP contribution in [0.4, 0.5) is 5.69 Å². The SMILES string of the molecule is CN(Cc1cccs1)C(=O)CCOc1ccccc1N. The molecule has 0 aliphatic carbocycles. The molecule has 1 aromatic heterocycles. The molecular weight excluding hydrogens is 272 g/mol. The minimum Gasteiger partial charge on any atom is -0.491 e. The van der Waals surface area contributed by atoms with E-state index in [0.29, 0.717) is 31.0 Å². The molecule has 0 saturated carbocycles. The fraction of sp³-hybridized carbons (Fsp3) is 0.267. The topological polar surface area (TPSA) is 55.6 Å². The third-order valence-electron chi connectivity index (χ3n) is 2.89. The lowest BCUT2D eigenvalue weighted by Crippen LogP contribution is -2.27. The van der Waals surface area contributed by atoms with Crippen molar-refractivity contribution in [2.75, 3.05) is 19.4 Å². The molecule has 20 heavy (non-hydrogen) atoms. The highest BCUT2D eigenvalue weighted by molar-refractivity contribution is 7.09. The smallest absolute Gasteiger partial charge is 0.226 e. The Labute approximate surface area is 122 Å². The molecule has 1 heterocycles. The normalized spacial score (nSPS) is 10.2. The predicted molar refractivity (Wildman–Crippen MR) is 81.8 cm³/mol. The van der Waals surface area contributed by atoms with Crippen molar-refractivity contribution in [1.29, 1.82) is 0 Å². The van der Waals surface area contributed by atoms with Crippen LogP contribution < -0.4 is 10.5 Å². The van der Waals surface area contributed by atoms with Gasteiger partial charge in [-0.25, -0.2) is 0 Å². The molecule has 0 bridgehead atoms. The van der Waals surface area contributed by atoms with Crippen LogP contribution in [0.5, 0.6) is 5.75 Å². The summed E-state index contributed by atoms with van der Waals surface area (Å²) < 4.78 is 5.52. The molecule has 2 N–H and O–H groups in total. The van der Waals surface area contributed by atoms with Crippen LogP contribution >= 0.6 is 11.3 Å². The minimum absolute atomic E-state index is 0.0629. The van der Waals surface area contributed by atoms with Gasteiger partial charge in [-0.3, -0.25) is 4.79 Å². The standard InChI is InChI=1S/C15H18N2O2S/c1-17(11-12-5-4-10-20-12)15(18)8-9-19-14-7-3-2-6-13(14)16/h2-7,10H,8-9,11,16H2,1H3. The molecule has 0 radical (unpaired) electrons. The van der Waals surface area contributed by atoms with Crippen molar-refractivity contribution < 1.29 is 9.53 Å². The Morgan fingerprint density at radius 1 is 1.30 bits per heavy atom. The van der Waals surface area contributed by atoms with Crippen molar-refractivity contribution >= 4 is 22.9 Å². The molecule has 5 heteroatoms. The molecule has 0 fully saturated rings. The highest BCUT2D eigenvalue weighted by Gasteiger charge is 2.10. The van der Waals surface area contributed by atoms with Gasteiger partial charge >= 0.3 is 0 Å². The van der Waals surface area contributed by atoms with Crippen LogP contribution in [-0.4, -0.2) is 24.5 Å². The first-order chi connectivity index (χ1) is 9.66. The second-order valence-corrected chi connectivity index (χ2v) is 5.50. The van der Waals surface area contributed by atoms with Crippen LogP contribution in [0.15, 0.2) is 41.8 Å². The Bertz CT molecular complexity index is 555. The summed E-state index contributed by atoms with van der Waals surface area (Å²) >= 11 is 1.65. The van der Waals surface area contributed by atoms with Gasteiger partial charge in [0.2, 0.25) is 5.91 Å². The average Bonchev–Trinajstić information content (AvgIpc) is 2.93. The lowest BCUT2D eigenvalue weighted by Gasteiger charge is -2.16. The molecule has 106 valence electrons. The highest BCUT2D eigenvalue weighted by Crippen LogP contribution is 2.19. The van der Waals surface area contributed by atoms with E-state index in [4.69, 9.17) is 10.5 Å². The van der Waals surface area contributed by atoms with Gasteiger partial charge in [-0.2, -0.15) is 0 Å².